The third kappa shape index (κ3) is 5.75. The highest BCUT2D eigenvalue weighted by molar-refractivity contribution is 5.70. The second-order valence-corrected chi connectivity index (χ2v) is 9.35. The van der Waals surface area contributed by atoms with Crippen LogP contribution in [0.15, 0.2) is 36.7 Å². The van der Waals surface area contributed by atoms with E-state index in [-0.39, 0.29) is 12.0 Å². The third-order valence-corrected chi connectivity index (χ3v) is 4.26. The maximum atomic E-state index is 12.0. The van der Waals surface area contributed by atoms with Crippen molar-refractivity contribution in [1.82, 2.24) is 14.7 Å². The molecular formula is C22H29N3O5. The molecule has 2 aromatic rings. The molecule has 0 atom stereocenters. The number of hydrogen-bond donors (Lipinski definition) is 0. The molecule has 1 aromatic carbocycles. The highest BCUT2D eigenvalue weighted by atomic mass is 16.6. The molecule has 0 spiro atoms. The van der Waals surface area contributed by atoms with Crippen molar-refractivity contribution in [2.45, 2.75) is 58.7 Å². The summed E-state index contributed by atoms with van der Waals surface area (Å²) in [4.78, 5) is 25.8. The predicted molar refractivity (Wildman–Crippen MR) is 111 cm³/mol. The van der Waals surface area contributed by atoms with Crippen LogP contribution in [-0.2, 0) is 9.47 Å². The Morgan fingerprint density at radius 1 is 0.900 bits per heavy atom. The maximum Gasteiger partial charge on any atom is 0.435 e. The molecule has 1 fully saturated rings. The van der Waals surface area contributed by atoms with Crippen molar-refractivity contribution in [2.24, 2.45) is 0 Å². The number of amides is 1. The first-order valence-electron chi connectivity index (χ1n) is 9.93. The molecule has 0 unspecified atom stereocenters. The number of carbonyl (C=O) groups excluding carboxylic acids is 2. The van der Waals surface area contributed by atoms with Gasteiger partial charge in [0.15, 0.2) is 5.75 Å². The number of benzene rings is 1. The van der Waals surface area contributed by atoms with Crippen LogP contribution in [0.2, 0.25) is 0 Å². The molecule has 0 aliphatic carbocycles. The number of hydrogen-bond acceptors (Lipinski definition) is 6. The van der Waals surface area contributed by atoms with E-state index < -0.39 is 17.3 Å². The Morgan fingerprint density at radius 3 is 2.03 bits per heavy atom. The van der Waals surface area contributed by atoms with E-state index in [4.69, 9.17) is 14.2 Å². The summed E-state index contributed by atoms with van der Waals surface area (Å²) in [5.41, 5.74) is 0.0467. The van der Waals surface area contributed by atoms with Gasteiger partial charge in [-0.15, -0.1) is 0 Å². The van der Waals surface area contributed by atoms with Gasteiger partial charge in [-0.3, -0.25) is 0 Å². The van der Waals surface area contributed by atoms with Crippen LogP contribution in [-0.4, -0.2) is 51.2 Å². The molecule has 1 saturated heterocycles. The van der Waals surface area contributed by atoms with Crippen LogP contribution in [0.5, 0.6) is 11.5 Å². The third-order valence-electron chi connectivity index (χ3n) is 4.26. The lowest BCUT2D eigenvalue weighted by molar-refractivity contribution is 0.00817. The van der Waals surface area contributed by atoms with Gasteiger partial charge in [0, 0.05) is 19.0 Å². The second-order valence-electron chi connectivity index (χ2n) is 9.35. The molecule has 0 saturated carbocycles. The van der Waals surface area contributed by atoms with Gasteiger partial charge in [-0.05, 0) is 59.2 Å². The van der Waals surface area contributed by atoms with E-state index in [1.165, 1.54) is 12.4 Å². The van der Waals surface area contributed by atoms with Gasteiger partial charge in [0.05, 0.1) is 12.4 Å². The summed E-state index contributed by atoms with van der Waals surface area (Å²) in [5, 5.41) is 3.98. The van der Waals surface area contributed by atoms with Crippen molar-refractivity contribution in [3.05, 3.63) is 42.2 Å². The van der Waals surface area contributed by atoms with Gasteiger partial charge in [-0.2, -0.15) is 9.78 Å². The molecule has 8 heteroatoms. The molecule has 2 heterocycles. The number of aromatic nitrogens is 2. The van der Waals surface area contributed by atoms with E-state index >= 15 is 0 Å². The molecule has 1 amide bonds. The fourth-order valence-electron chi connectivity index (χ4n) is 2.88. The van der Waals surface area contributed by atoms with Crippen LogP contribution in [0.3, 0.4) is 0 Å². The Kier molecular flexibility index (Phi) is 5.78. The summed E-state index contributed by atoms with van der Waals surface area (Å²) in [6.07, 6.45) is 2.10. The maximum absolute atomic E-state index is 12.0. The Labute approximate surface area is 176 Å². The zero-order valence-corrected chi connectivity index (χ0v) is 18.3. The van der Waals surface area contributed by atoms with Gasteiger partial charge in [-0.25, -0.2) is 9.59 Å². The van der Waals surface area contributed by atoms with E-state index in [1.807, 2.05) is 45.0 Å². The van der Waals surface area contributed by atoms with E-state index in [0.717, 1.165) is 10.2 Å². The lowest BCUT2D eigenvalue weighted by Gasteiger charge is -2.40. The van der Waals surface area contributed by atoms with E-state index in [9.17, 15) is 9.59 Å². The summed E-state index contributed by atoms with van der Waals surface area (Å²) in [5.74, 6) is 1.35. The Bertz CT molecular complexity index is 900. The van der Waals surface area contributed by atoms with Crippen LogP contribution >= 0.6 is 0 Å². The number of rotatable bonds is 3. The first-order valence-corrected chi connectivity index (χ1v) is 9.93. The highest BCUT2D eigenvalue weighted by Crippen LogP contribution is 2.30. The van der Waals surface area contributed by atoms with E-state index in [0.29, 0.717) is 24.6 Å². The molecular weight excluding hydrogens is 386 g/mol. The number of likely N-dealkylation sites (tertiary alicyclic amines) is 1. The quantitative estimate of drug-likeness (QED) is 0.717. The van der Waals surface area contributed by atoms with Crippen LogP contribution in [0.1, 0.15) is 53.0 Å². The van der Waals surface area contributed by atoms with Crippen LogP contribution in [0.25, 0.3) is 0 Å². The van der Waals surface area contributed by atoms with Crippen molar-refractivity contribution >= 4 is 12.2 Å². The summed E-state index contributed by atoms with van der Waals surface area (Å²) < 4.78 is 17.5. The minimum Gasteiger partial charge on any atom is -0.454 e. The number of ether oxygens (including phenoxy) is 3. The summed E-state index contributed by atoms with van der Waals surface area (Å²) in [6, 6.07) is 7.67. The van der Waals surface area contributed by atoms with Gasteiger partial charge in [0.2, 0.25) is 0 Å². The molecule has 0 N–H and O–H groups in total. The fourth-order valence-corrected chi connectivity index (χ4v) is 2.88. The SMILES string of the molecule is CC(C)(C)OC(=O)N1CC(c2ccc(Oc3cnn(C(=O)OC(C)(C)C)c3)cc2)C1. The van der Waals surface area contributed by atoms with E-state index in [2.05, 4.69) is 5.10 Å². The molecule has 8 nitrogen and oxygen atoms in total. The zero-order valence-electron chi connectivity index (χ0n) is 18.3. The van der Waals surface area contributed by atoms with Crippen LogP contribution < -0.4 is 4.74 Å². The zero-order chi connectivity index (χ0) is 22.1. The summed E-state index contributed by atoms with van der Waals surface area (Å²) >= 11 is 0. The van der Waals surface area contributed by atoms with Crippen LogP contribution in [0, 0.1) is 0 Å². The molecule has 1 aromatic heterocycles. The Morgan fingerprint density at radius 2 is 1.47 bits per heavy atom. The topological polar surface area (TPSA) is 82.9 Å². The summed E-state index contributed by atoms with van der Waals surface area (Å²) in [7, 11) is 0. The molecule has 1 aliphatic rings. The lowest BCUT2D eigenvalue weighted by atomic mass is 9.92. The monoisotopic (exact) mass is 415 g/mol. The average molecular weight is 415 g/mol. The van der Waals surface area contributed by atoms with Gasteiger partial charge >= 0.3 is 12.2 Å². The van der Waals surface area contributed by atoms with Gasteiger partial charge in [0.1, 0.15) is 17.0 Å². The lowest BCUT2D eigenvalue weighted by Crippen LogP contribution is -2.50. The average Bonchev–Trinajstić information content (AvgIpc) is 3.00. The predicted octanol–water partition coefficient (Wildman–Crippen LogP) is 4.79. The van der Waals surface area contributed by atoms with Crippen molar-refractivity contribution < 1.29 is 23.8 Å². The molecule has 0 radical (unpaired) electrons. The van der Waals surface area contributed by atoms with Crippen molar-refractivity contribution in [3.63, 3.8) is 0 Å². The molecule has 30 heavy (non-hydrogen) atoms. The first kappa shape index (κ1) is 21.7. The van der Waals surface area contributed by atoms with Crippen molar-refractivity contribution in [2.75, 3.05) is 13.1 Å². The van der Waals surface area contributed by atoms with Crippen LogP contribution in [0.4, 0.5) is 9.59 Å². The standard InChI is InChI=1S/C22H29N3O5/c1-21(2,3)29-19(26)24-12-16(13-24)15-7-9-17(10-8-15)28-18-11-23-25(14-18)20(27)30-22(4,5)6/h7-11,14,16H,12-13H2,1-6H3. The highest BCUT2D eigenvalue weighted by Gasteiger charge is 2.34. The molecule has 1 aliphatic heterocycles. The van der Waals surface area contributed by atoms with Gasteiger partial charge in [-0.1, -0.05) is 12.1 Å². The first-order chi connectivity index (χ1) is 13.9. The minimum absolute atomic E-state index is 0.277. The summed E-state index contributed by atoms with van der Waals surface area (Å²) in [6.45, 7) is 12.2. The largest absolute Gasteiger partial charge is 0.454 e. The van der Waals surface area contributed by atoms with E-state index in [1.54, 1.807) is 25.7 Å². The van der Waals surface area contributed by atoms with Gasteiger partial charge < -0.3 is 19.1 Å². The van der Waals surface area contributed by atoms with Crippen molar-refractivity contribution in [1.29, 1.82) is 0 Å². The smallest absolute Gasteiger partial charge is 0.435 e. The van der Waals surface area contributed by atoms with Gasteiger partial charge in [0.25, 0.3) is 0 Å². The number of nitrogens with zero attached hydrogens (tertiary/aromatic N) is 3. The van der Waals surface area contributed by atoms with Crippen molar-refractivity contribution in [3.8, 4) is 11.5 Å². The molecule has 3 rings (SSSR count). The molecule has 162 valence electrons. The Balaban J connectivity index is 1.53. The minimum atomic E-state index is -0.597. The molecule has 0 bridgehead atoms. The Hall–Kier alpha value is -3.03. The second kappa shape index (κ2) is 8.01. The number of carbonyl (C=O) groups is 2. The fraction of sp³-hybridized carbons (Fsp3) is 0.500. The normalized spacial score (nSPS) is 14.8.